The SMILES string of the molecule is CCCCCCCCC(=O)OCCOC(=O)CCCSCC[C@H]1C(=O)C[C@@H](OC2CCCCO2)[C@@H]1/C=C/[C@@H](O)Cc1cccc(COC)c1. The molecule has 1 aromatic rings. The monoisotopic (exact) mass is 704 g/mol. The van der Waals surface area contributed by atoms with Gasteiger partial charge in [0.05, 0.1) is 18.8 Å². The summed E-state index contributed by atoms with van der Waals surface area (Å²) in [4.78, 5) is 37.2. The van der Waals surface area contributed by atoms with Gasteiger partial charge in [0, 0.05) is 51.2 Å². The zero-order valence-electron chi connectivity index (χ0n) is 29.8. The summed E-state index contributed by atoms with van der Waals surface area (Å²) in [5, 5.41) is 10.9. The van der Waals surface area contributed by atoms with Crippen molar-refractivity contribution >= 4 is 29.5 Å². The lowest BCUT2D eigenvalue weighted by molar-refractivity contribution is -0.192. The first-order valence-electron chi connectivity index (χ1n) is 18.5. The predicted octanol–water partition coefficient (Wildman–Crippen LogP) is 7.15. The molecule has 2 aliphatic rings. The average Bonchev–Trinajstić information content (AvgIpc) is 3.38. The van der Waals surface area contributed by atoms with Crippen molar-refractivity contribution in [2.24, 2.45) is 11.8 Å². The third-order valence-electron chi connectivity index (χ3n) is 9.06. The van der Waals surface area contributed by atoms with Crippen LogP contribution in [0.1, 0.15) is 108 Å². The van der Waals surface area contributed by atoms with Crippen molar-refractivity contribution in [3.05, 3.63) is 47.5 Å². The molecule has 0 bridgehead atoms. The van der Waals surface area contributed by atoms with Crippen molar-refractivity contribution < 1.29 is 43.2 Å². The smallest absolute Gasteiger partial charge is 0.305 e. The van der Waals surface area contributed by atoms with E-state index in [0.29, 0.717) is 51.7 Å². The normalized spacial score (nSPS) is 21.7. The molecule has 1 aromatic carbocycles. The number of methoxy groups -OCH3 is 1. The van der Waals surface area contributed by atoms with Crippen LogP contribution in [0.15, 0.2) is 36.4 Å². The molecule has 0 aromatic heterocycles. The van der Waals surface area contributed by atoms with Crippen LogP contribution in [0.5, 0.6) is 0 Å². The molecule has 3 rings (SSSR count). The van der Waals surface area contributed by atoms with Gasteiger partial charge in [-0.1, -0.05) is 75.4 Å². The Balaban J connectivity index is 1.37. The van der Waals surface area contributed by atoms with Crippen LogP contribution in [-0.2, 0) is 51.1 Å². The Morgan fingerprint density at radius 2 is 1.73 bits per heavy atom. The molecule has 1 heterocycles. The molecule has 1 N–H and O–H groups in total. The maximum atomic E-state index is 13.2. The van der Waals surface area contributed by atoms with Gasteiger partial charge in [-0.05, 0) is 61.2 Å². The number of esters is 2. The van der Waals surface area contributed by atoms with Gasteiger partial charge in [0.15, 0.2) is 6.29 Å². The number of aliphatic hydroxyl groups excluding tert-OH is 1. The van der Waals surface area contributed by atoms with Crippen LogP contribution in [0, 0.1) is 11.8 Å². The molecule has 2 fully saturated rings. The summed E-state index contributed by atoms with van der Waals surface area (Å²) in [5.74, 6) is 0.895. The van der Waals surface area contributed by atoms with E-state index in [1.807, 2.05) is 36.4 Å². The highest BCUT2D eigenvalue weighted by Crippen LogP contribution is 2.37. The summed E-state index contributed by atoms with van der Waals surface area (Å²) >= 11 is 1.72. The van der Waals surface area contributed by atoms with Crippen molar-refractivity contribution in [2.75, 3.05) is 38.4 Å². The first kappa shape index (κ1) is 41.2. The second-order valence-electron chi connectivity index (χ2n) is 13.2. The van der Waals surface area contributed by atoms with E-state index < -0.39 is 6.10 Å². The lowest BCUT2D eigenvalue weighted by atomic mass is 9.90. The Morgan fingerprint density at radius 1 is 1.00 bits per heavy atom. The van der Waals surface area contributed by atoms with Gasteiger partial charge in [-0.15, -0.1) is 0 Å². The number of Topliss-reactive ketones (excluding diaryl/α,β-unsaturated/α-hetero) is 1. The minimum Gasteiger partial charge on any atom is -0.462 e. The fraction of sp³-hybridized carbons (Fsp3) is 0.718. The molecule has 0 amide bonds. The number of carbonyl (C=O) groups excluding carboxylic acids is 3. The lowest BCUT2D eigenvalue weighted by Gasteiger charge is -2.29. The molecule has 1 aliphatic heterocycles. The predicted molar refractivity (Wildman–Crippen MR) is 192 cm³/mol. The minimum absolute atomic E-state index is 0.0803. The van der Waals surface area contributed by atoms with Gasteiger partial charge in [0.1, 0.15) is 19.0 Å². The number of hydrogen-bond acceptors (Lipinski definition) is 10. The van der Waals surface area contributed by atoms with E-state index in [1.54, 1.807) is 18.9 Å². The number of carbonyl (C=O) groups is 3. The van der Waals surface area contributed by atoms with Crippen LogP contribution < -0.4 is 0 Å². The van der Waals surface area contributed by atoms with Crippen LogP contribution in [0.2, 0.25) is 0 Å². The Labute approximate surface area is 298 Å². The van der Waals surface area contributed by atoms with Crippen molar-refractivity contribution in [3.8, 4) is 0 Å². The summed E-state index contributed by atoms with van der Waals surface area (Å²) in [6, 6.07) is 8.01. The summed E-state index contributed by atoms with van der Waals surface area (Å²) in [6.07, 6.45) is 15.0. The second kappa shape index (κ2) is 24.8. The van der Waals surface area contributed by atoms with E-state index >= 15 is 0 Å². The molecule has 9 nitrogen and oxygen atoms in total. The zero-order chi connectivity index (χ0) is 35.1. The third-order valence-corrected chi connectivity index (χ3v) is 10.2. The van der Waals surface area contributed by atoms with E-state index in [4.69, 9.17) is 23.7 Å². The largest absolute Gasteiger partial charge is 0.462 e. The van der Waals surface area contributed by atoms with Gasteiger partial charge in [-0.25, -0.2) is 0 Å². The summed E-state index contributed by atoms with van der Waals surface area (Å²) < 4.78 is 27.8. The number of aliphatic hydroxyl groups is 1. The van der Waals surface area contributed by atoms with Gasteiger partial charge in [0.25, 0.3) is 0 Å². The van der Waals surface area contributed by atoms with Crippen LogP contribution >= 0.6 is 11.8 Å². The standard InChI is InChI=1S/C39H60O9S/c1-3-4-5-6-7-8-15-37(42)45-22-23-46-38(43)16-12-24-49-25-20-33-34(36(28-35(33)41)48-39-17-9-10-21-47-39)19-18-32(40)27-30-13-11-14-31(26-30)29-44-2/h11,13-14,18-19,26,32-34,36,39-40H,3-10,12,15-17,20-25,27-29H2,1-2H3/b19-18+/t32-,33-,34-,36-,39?/m1/s1. The van der Waals surface area contributed by atoms with E-state index in [2.05, 4.69) is 6.92 Å². The fourth-order valence-corrected chi connectivity index (χ4v) is 7.41. The topological polar surface area (TPSA) is 118 Å². The summed E-state index contributed by atoms with van der Waals surface area (Å²) in [7, 11) is 1.66. The van der Waals surface area contributed by atoms with E-state index in [9.17, 15) is 19.5 Å². The molecule has 1 saturated carbocycles. The highest BCUT2D eigenvalue weighted by Gasteiger charge is 2.42. The summed E-state index contributed by atoms with van der Waals surface area (Å²) in [5.41, 5.74) is 2.08. The molecule has 1 unspecified atom stereocenters. The summed E-state index contributed by atoms with van der Waals surface area (Å²) in [6.45, 7) is 3.55. The zero-order valence-corrected chi connectivity index (χ0v) is 30.6. The van der Waals surface area contributed by atoms with Gasteiger partial charge < -0.3 is 28.8 Å². The lowest BCUT2D eigenvalue weighted by Crippen LogP contribution is -2.31. The van der Waals surface area contributed by atoms with Crippen molar-refractivity contribution in [1.82, 2.24) is 0 Å². The number of ketones is 1. The molecule has 0 radical (unpaired) electrons. The average molecular weight is 705 g/mol. The molecule has 0 spiro atoms. The molecular weight excluding hydrogens is 644 g/mol. The highest BCUT2D eigenvalue weighted by atomic mass is 32.2. The Morgan fingerprint density at radius 3 is 2.47 bits per heavy atom. The maximum absolute atomic E-state index is 13.2. The first-order chi connectivity index (χ1) is 23.9. The van der Waals surface area contributed by atoms with Crippen molar-refractivity contribution in [3.63, 3.8) is 0 Å². The maximum Gasteiger partial charge on any atom is 0.305 e. The van der Waals surface area contributed by atoms with Crippen molar-refractivity contribution in [2.45, 2.75) is 128 Å². The second-order valence-corrected chi connectivity index (χ2v) is 14.4. The molecule has 1 aliphatic carbocycles. The van der Waals surface area contributed by atoms with E-state index in [0.717, 1.165) is 61.2 Å². The van der Waals surface area contributed by atoms with Gasteiger partial charge in [-0.3, -0.25) is 14.4 Å². The number of rotatable bonds is 25. The van der Waals surface area contributed by atoms with E-state index in [-0.39, 0.29) is 55.2 Å². The van der Waals surface area contributed by atoms with E-state index in [1.165, 1.54) is 19.3 Å². The first-order valence-corrected chi connectivity index (χ1v) is 19.7. The van der Waals surface area contributed by atoms with Gasteiger partial charge in [-0.2, -0.15) is 11.8 Å². The number of ether oxygens (including phenoxy) is 5. The molecule has 1 saturated heterocycles. The number of hydrogen-bond donors (Lipinski definition) is 1. The third kappa shape index (κ3) is 17.0. The molecule has 10 heteroatoms. The highest BCUT2D eigenvalue weighted by molar-refractivity contribution is 7.99. The molecule has 276 valence electrons. The van der Waals surface area contributed by atoms with Crippen LogP contribution in [0.3, 0.4) is 0 Å². The Hall–Kier alpha value is -2.24. The van der Waals surface area contributed by atoms with Crippen LogP contribution in [0.25, 0.3) is 0 Å². The minimum atomic E-state index is -0.688. The quantitative estimate of drug-likeness (QED) is 0.0639. The fourth-order valence-electron chi connectivity index (χ4n) is 6.44. The number of unbranched alkanes of at least 4 members (excludes halogenated alkanes) is 5. The van der Waals surface area contributed by atoms with Crippen molar-refractivity contribution in [1.29, 1.82) is 0 Å². The molecular formula is C39H60O9S. The van der Waals surface area contributed by atoms with Gasteiger partial charge in [0.2, 0.25) is 0 Å². The van der Waals surface area contributed by atoms with Crippen LogP contribution in [-0.4, -0.2) is 79.8 Å². The van der Waals surface area contributed by atoms with Gasteiger partial charge >= 0.3 is 11.9 Å². The Bertz CT molecular complexity index is 1120. The molecule has 5 atom stereocenters. The van der Waals surface area contributed by atoms with Crippen LogP contribution in [0.4, 0.5) is 0 Å². The molecule has 49 heavy (non-hydrogen) atoms. The Kier molecular flexibility index (Phi) is 20.9. The number of benzene rings is 1. The number of thioether (sulfide) groups is 1.